The van der Waals surface area contributed by atoms with Crippen LogP contribution in [0.3, 0.4) is 0 Å². The standard InChI is InChI=1S/C19H20FN3O2/c1-12-5-3-4-6-16(12)21-19(25)22-17-9-10-23(18(17)24)14-7-8-15(20)13(2)11-14/h3-8,11,17H,9-10H2,1-2H3,(H2,21,22,25)/t17-/m1/s1. The van der Waals surface area contributed by atoms with E-state index in [9.17, 15) is 14.0 Å². The number of aryl methyl sites for hydroxylation is 2. The second-order valence-corrected chi connectivity index (χ2v) is 6.18. The zero-order valence-corrected chi connectivity index (χ0v) is 14.2. The van der Waals surface area contributed by atoms with E-state index < -0.39 is 12.1 Å². The van der Waals surface area contributed by atoms with Crippen LogP contribution in [0.2, 0.25) is 0 Å². The molecule has 1 heterocycles. The molecule has 0 unspecified atom stereocenters. The Hall–Kier alpha value is -2.89. The molecule has 6 heteroatoms. The van der Waals surface area contributed by atoms with E-state index in [1.54, 1.807) is 30.0 Å². The highest BCUT2D eigenvalue weighted by Gasteiger charge is 2.33. The van der Waals surface area contributed by atoms with E-state index in [-0.39, 0.29) is 11.7 Å². The van der Waals surface area contributed by atoms with E-state index in [1.807, 2.05) is 25.1 Å². The van der Waals surface area contributed by atoms with E-state index >= 15 is 0 Å². The molecule has 0 radical (unpaired) electrons. The molecular weight excluding hydrogens is 321 g/mol. The molecule has 0 spiro atoms. The van der Waals surface area contributed by atoms with Gasteiger partial charge in [-0.25, -0.2) is 9.18 Å². The van der Waals surface area contributed by atoms with Crippen LogP contribution in [0, 0.1) is 19.7 Å². The molecule has 3 amide bonds. The Labute approximate surface area is 145 Å². The van der Waals surface area contributed by atoms with Crippen molar-refractivity contribution in [2.45, 2.75) is 26.3 Å². The fourth-order valence-electron chi connectivity index (χ4n) is 2.90. The van der Waals surface area contributed by atoms with Crippen LogP contribution in [-0.2, 0) is 4.79 Å². The lowest BCUT2D eigenvalue weighted by Gasteiger charge is -2.18. The van der Waals surface area contributed by atoms with Gasteiger partial charge in [-0.05, 0) is 55.7 Å². The van der Waals surface area contributed by atoms with Gasteiger partial charge in [0.1, 0.15) is 11.9 Å². The number of carbonyl (C=O) groups is 2. The zero-order chi connectivity index (χ0) is 18.0. The number of nitrogens with zero attached hydrogens (tertiary/aromatic N) is 1. The number of nitrogens with one attached hydrogen (secondary N) is 2. The maximum absolute atomic E-state index is 13.4. The molecule has 0 aromatic heterocycles. The molecule has 5 nitrogen and oxygen atoms in total. The van der Waals surface area contributed by atoms with E-state index in [2.05, 4.69) is 10.6 Å². The van der Waals surface area contributed by atoms with Gasteiger partial charge in [-0.1, -0.05) is 18.2 Å². The van der Waals surface area contributed by atoms with Crippen LogP contribution in [0.5, 0.6) is 0 Å². The second kappa shape index (κ2) is 6.93. The van der Waals surface area contributed by atoms with Crippen molar-refractivity contribution in [1.82, 2.24) is 5.32 Å². The largest absolute Gasteiger partial charge is 0.326 e. The molecule has 130 valence electrons. The van der Waals surface area contributed by atoms with Gasteiger partial charge >= 0.3 is 6.03 Å². The lowest BCUT2D eigenvalue weighted by atomic mass is 10.2. The summed E-state index contributed by atoms with van der Waals surface area (Å²) in [7, 11) is 0. The Morgan fingerprint density at radius 2 is 1.92 bits per heavy atom. The number of anilines is 2. The van der Waals surface area contributed by atoms with Crippen molar-refractivity contribution in [2.75, 3.05) is 16.8 Å². The number of rotatable bonds is 3. The molecule has 0 aliphatic carbocycles. The molecule has 0 bridgehead atoms. The first kappa shape index (κ1) is 17.0. The van der Waals surface area contributed by atoms with Crippen molar-refractivity contribution in [1.29, 1.82) is 0 Å². The number of halogens is 1. The highest BCUT2D eigenvalue weighted by molar-refractivity contribution is 6.02. The summed E-state index contributed by atoms with van der Waals surface area (Å²) in [6, 6.07) is 11.0. The quantitative estimate of drug-likeness (QED) is 0.899. The number of carbonyl (C=O) groups excluding carboxylic acids is 2. The van der Waals surface area contributed by atoms with Gasteiger partial charge in [0.2, 0.25) is 5.91 Å². The molecule has 1 fully saturated rings. The van der Waals surface area contributed by atoms with Crippen LogP contribution < -0.4 is 15.5 Å². The van der Waals surface area contributed by atoms with Gasteiger partial charge < -0.3 is 15.5 Å². The van der Waals surface area contributed by atoms with Crippen molar-refractivity contribution in [2.24, 2.45) is 0 Å². The second-order valence-electron chi connectivity index (χ2n) is 6.18. The number of hydrogen-bond acceptors (Lipinski definition) is 2. The number of urea groups is 1. The van der Waals surface area contributed by atoms with Crippen molar-refractivity contribution in [3.05, 3.63) is 59.4 Å². The number of benzene rings is 2. The lowest BCUT2D eigenvalue weighted by molar-refractivity contribution is -0.118. The van der Waals surface area contributed by atoms with Crippen molar-refractivity contribution in [3.63, 3.8) is 0 Å². The number of amides is 3. The van der Waals surface area contributed by atoms with Crippen LogP contribution in [0.1, 0.15) is 17.5 Å². The van der Waals surface area contributed by atoms with E-state index in [0.29, 0.717) is 29.9 Å². The summed E-state index contributed by atoms with van der Waals surface area (Å²) in [6.07, 6.45) is 0.510. The van der Waals surface area contributed by atoms with Gasteiger partial charge in [0.25, 0.3) is 0 Å². The Morgan fingerprint density at radius 3 is 2.64 bits per heavy atom. The van der Waals surface area contributed by atoms with Gasteiger partial charge in [0, 0.05) is 17.9 Å². The smallest absolute Gasteiger partial charge is 0.319 e. The molecule has 1 aliphatic rings. The molecule has 2 aromatic carbocycles. The van der Waals surface area contributed by atoms with Gasteiger partial charge in [-0.3, -0.25) is 4.79 Å². The van der Waals surface area contributed by atoms with Crippen molar-refractivity contribution >= 4 is 23.3 Å². The average molecular weight is 341 g/mol. The first-order valence-corrected chi connectivity index (χ1v) is 8.16. The number of hydrogen-bond donors (Lipinski definition) is 2. The van der Waals surface area contributed by atoms with E-state index in [0.717, 1.165) is 5.56 Å². The first-order valence-electron chi connectivity index (χ1n) is 8.16. The van der Waals surface area contributed by atoms with E-state index in [4.69, 9.17) is 0 Å². The minimum Gasteiger partial charge on any atom is -0.326 e. The molecule has 0 saturated carbocycles. The molecule has 1 saturated heterocycles. The minimum absolute atomic E-state index is 0.189. The Kier molecular flexibility index (Phi) is 4.70. The van der Waals surface area contributed by atoms with Crippen LogP contribution in [0.4, 0.5) is 20.6 Å². The molecule has 1 aliphatic heterocycles. The van der Waals surface area contributed by atoms with Crippen molar-refractivity contribution in [3.8, 4) is 0 Å². The Morgan fingerprint density at radius 1 is 1.16 bits per heavy atom. The molecule has 3 rings (SSSR count). The third kappa shape index (κ3) is 3.63. The minimum atomic E-state index is -0.589. The van der Waals surface area contributed by atoms with Crippen LogP contribution in [-0.4, -0.2) is 24.5 Å². The third-order valence-electron chi connectivity index (χ3n) is 4.36. The highest BCUT2D eigenvalue weighted by Crippen LogP contribution is 2.24. The average Bonchev–Trinajstić information content (AvgIpc) is 2.93. The van der Waals surface area contributed by atoms with Crippen molar-refractivity contribution < 1.29 is 14.0 Å². The summed E-state index contributed by atoms with van der Waals surface area (Å²) in [5.74, 6) is -0.492. The van der Waals surface area contributed by atoms with Gasteiger partial charge in [-0.15, -0.1) is 0 Å². The van der Waals surface area contributed by atoms with E-state index in [1.165, 1.54) is 6.07 Å². The molecular formula is C19H20FN3O2. The molecule has 2 N–H and O–H groups in total. The zero-order valence-electron chi connectivity index (χ0n) is 14.2. The summed E-state index contributed by atoms with van der Waals surface area (Å²) >= 11 is 0. The predicted molar refractivity (Wildman–Crippen MR) is 95.2 cm³/mol. The topological polar surface area (TPSA) is 61.4 Å². The summed E-state index contributed by atoms with van der Waals surface area (Å²) in [5.41, 5.74) is 2.78. The fraction of sp³-hybridized carbons (Fsp3) is 0.263. The van der Waals surface area contributed by atoms with Crippen LogP contribution in [0.25, 0.3) is 0 Å². The van der Waals surface area contributed by atoms with Crippen LogP contribution in [0.15, 0.2) is 42.5 Å². The van der Waals surface area contributed by atoms with Gasteiger partial charge in [0.15, 0.2) is 0 Å². The predicted octanol–water partition coefficient (Wildman–Crippen LogP) is 3.37. The SMILES string of the molecule is Cc1cc(N2CC[C@@H](NC(=O)Nc3ccccc3C)C2=O)ccc1F. The fourth-order valence-corrected chi connectivity index (χ4v) is 2.90. The summed E-state index contributed by atoms with van der Waals surface area (Å²) in [6.45, 7) is 4.04. The maximum atomic E-state index is 13.4. The Bertz CT molecular complexity index is 822. The van der Waals surface area contributed by atoms with Crippen LogP contribution >= 0.6 is 0 Å². The summed E-state index contributed by atoms with van der Waals surface area (Å²) in [4.78, 5) is 26.3. The normalized spacial score (nSPS) is 16.8. The molecule has 1 atom stereocenters. The lowest BCUT2D eigenvalue weighted by Crippen LogP contribution is -2.43. The summed E-state index contributed by atoms with van der Waals surface area (Å²) < 4.78 is 13.4. The molecule has 25 heavy (non-hydrogen) atoms. The molecule has 2 aromatic rings. The Balaban J connectivity index is 1.65. The highest BCUT2D eigenvalue weighted by atomic mass is 19.1. The maximum Gasteiger partial charge on any atom is 0.319 e. The summed E-state index contributed by atoms with van der Waals surface area (Å²) in [5, 5.41) is 5.47. The first-order chi connectivity index (χ1) is 12.0. The van der Waals surface area contributed by atoms with Gasteiger partial charge in [-0.2, -0.15) is 0 Å². The monoisotopic (exact) mass is 341 g/mol. The third-order valence-corrected chi connectivity index (χ3v) is 4.36. The number of para-hydroxylation sites is 1. The van der Waals surface area contributed by atoms with Gasteiger partial charge in [0.05, 0.1) is 0 Å².